The van der Waals surface area contributed by atoms with Gasteiger partial charge in [-0.15, -0.1) is 34.0 Å². The maximum atomic E-state index is 5.08. The van der Waals surface area contributed by atoms with E-state index in [1.807, 2.05) is 165 Å². The molecule has 0 spiro atoms. The number of likely N-dealkylation sites (N-methyl/N-ethyl adjacent to an activating group) is 3. The first-order valence-corrected chi connectivity index (χ1v) is 53.5. The third kappa shape index (κ3) is 68.2. The molecular weight excluding hydrogens is 1750 g/mol. The molecule has 9 aliphatic rings. The minimum Gasteiger partial charge on any atom is -0.467 e. The molecule has 2 saturated carbocycles. The number of H-pyrrole nitrogens is 1. The van der Waals surface area contributed by atoms with Crippen LogP contribution in [0.3, 0.4) is 0 Å². The molecule has 2 aliphatic carbocycles. The lowest BCUT2D eigenvalue weighted by Gasteiger charge is -2.28. The fraction of sp³-hybridized carbons (Fsp3) is 0.607. The quantitative estimate of drug-likeness (QED) is 0.143. The molecule has 768 valence electrons. The molecule has 7 aliphatic heterocycles. The lowest BCUT2D eigenvalue weighted by Crippen LogP contribution is -2.42. The Bertz CT molecular complexity index is 3970. The fourth-order valence-corrected chi connectivity index (χ4v) is 17.0. The van der Waals surface area contributed by atoms with E-state index >= 15 is 0 Å². The summed E-state index contributed by atoms with van der Waals surface area (Å²) in [6.07, 6.45) is 26.3. The number of nitrogens with one attached hydrogen (secondary N) is 1. The molecule has 1 N–H and O–H groups in total. The molecule has 0 amide bonds. The summed E-state index contributed by atoms with van der Waals surface area (Å²) in [5.41, 5.74) is 18.0. The van der Waals surface area contributed by atoms with E-state index in [4.69, 9.17) is 13.7 Å². The van der Waals surface area contributed by atoms with Gasteiger partial charge in [0.2, 0.25) is 0 Å². The van der Waals surface area contributed by atoms with Crippen LogP contribution in [0.4, 0.5) is 0 Å². The molecule has 17 nitrogen and oxygen atoms in total. The lowest BCUT2D eigenvalue weighted by molar-refractivity contribution is 0.0995. The zero-order valence-electron chi connectivity index (χ0n) is 93.3. The fourth-order valence-electron chi connectivity index (χ4n) is 15.0. The number of piperazine rings is 1. The van der Waals surface area contributed by atoms with Gasteiger partial charge in [-0.3, -0.25) is 15.1 Å². The van der Waals surface area contributed by atoms with Gasteiger partial charge in [-0.1, -0.05) is 167 Å². The van der Waals surface area contributed by atoms with Crippen LogP contribution in [0.15, 0.2) is 164 Å². The van der Waals surface area contributed by atoms with Crippen LogP contribution < -0.4 is 0 Å². The van der Waals surface area contributed by atoms with Gasteiger partial charge in [0.15, 0.2) is 0 Å². The molecule has 7 fully saturated rings. The molecule has 2 aromatic carbocycles. The molecule has 0 bridgehead atoms. The van der Waals surface area contributed by atoms with Gasteiger partial charge in [0.05, 0.1) is 21.4 Å². The van der Waals surface area contributed by atoms with Crippen molar-refractivity contribution in [3.8, 4) is 0 Å². The largest absolute Gasteiger partial charge is 0.467 e. The van der Waals surface area contributed by atoms with Gasteiger partial charge in [-0.25, -0.2) is 9.97 Å². The topological polar surface area (TPSA) is 151 Å². The molecule has 4 unspecified atom stereocenters. The highest BCUT2D eigenvalue weighted by Gasteiger charge is 2.51. The van der Waals surface area contributed by atoms with Crippen LogP contribution in [0.1, 0.15) is 256 Å². The molecule has 15 heterocycles. The maximum absolute atomic E-state index is 5.08. The number of hydrogen-bond acceptors (Lipinski definition) is 19. The van der Waals surface area contributed by atoms with Crippen LogP contribution in [0.5, 0.6) is 0 Å². The summed E-state index contributed by atoms with van der Waals surface area (Å²) in [5, 5.41) is 17.0. The van der Waals surface area contributed by atoms with Crippen LogP contribution >= 0.6 is 34.0 Å². The van der Waals surface area contributed by atoms with Gasteiger partial charge in [0.1, 0.15) is 29.1 Å². The zero-order valence-corrected chi connectivity index (χ0v) is 95.7. The Kier molecular flexibility index (Phi) is 65.7. The van der Waals surface area contributed by atoms with Gasteiger partial charge in [-0.05, 0) is 411 Å². The van der Waals surface area contributed by atoms with Crippen molar-refractivity contribution in [3.05, 3.63) is 260 Å². The van der Waals surface area contributed by atoms with Crippen molar-refractivity contribution >= 4 is 39.7 Å². The van der Waals surface area contributed by atoms with Crippen LogP contribution in [0.25, 0.3) is 0 Å². The smallest absolute Gasteiger partial charge is 0.130 e. The van der Waals surface area contributed by atoms with Crippen molar-refractivity contribution in [2.75, 3.05) is 141 Å². The number of aromatic amines is 1. The first-order chi connectivity index (χ1) is 64.6. The van der Waals surface area contributed by atoms with E-state index in [1.165, 1.54) is 211 Å². The number of likely N-dealkylation sites (tertiary alicyclic amines) is 4. The van der Waals surface area contributed by atoms with Crippen molar-refractivity contribution in [2.24, 2.45) is 46.1 Å². The first-order valence-electron chi connectivity index (χ1n) is 50.9. The summed E-state index contributed by atoms with van der Waals surface area (Å²) in [7, 11) is 15.3. The summed E-state index contributed by atoms with van der Waals surface area (Å²) in [6.45, 7) is 78.6. The second-order valence-electron chi connectivity index (χ2n) is 41.2. The Morgan fingerprint density at radius 3 is 1.02 bits per heavy atom. The molecule has 137 heavy (non-hydrogen) atoms. The van der Waals surface area contributed by atoms with E-state index in [9.17, 15) is 0 Å². The standard InChI is InChI=1S/C8H15N.C8H16.2C8H10.2C7H15N.C7H13N.2C7H9N.C6H14N2.C6H13N.2C6H8O.C6H8S.C5H8N2.C5H9NO.2C5H7NS/c1-8-3-4-9(2)6-7(8)5-8;2*1-7-3-5-8(2)6-4-7;1-7-4-3-5-8(2)6-7;3*1-7-3-5-8(2)6-4-7;2*1-6-3-4-7(2)8-5-6;1-7-3-5-8(2)6-4-7;1-6-3-4-7(2)5-6;2*1-5-3-4-6(2)7-5;1-5-3-6(2)7-4-5;2*1-4-3-5(2)7-6-4;1-4-3-7-5(2)6-4;1-4-3-6-5(2)7-4/h7H,3-6H2,1-2H3;7-8H,3-6H2,1-2H3;2*3-6H,1-2H3;2*7H,3-6H2,1-2H3;3H,4-6H2,1-2H3;2*3-5H,1-2H3;3-6H2,1-2H3;6H,3-5H2,1-2H3;3*3-4H,1-2H3;3H,1-2H3,(H,6,7);5H,3H2,1-2H3;2*3H,1-2H3. The van der Waals surface area contributed by atoms with E-state index in [0.29, 0.717) is 6.10 Å². The summed E-state index contributed by atoms with van der Waals surface area (Å²) < 4.78 is 10.2. The highest BCUT2D eigenvalue weighted by atomic mass is 32.1. The Labute approximate surface area is 849 Å². The Morgan fingerprint density at radius 2 is 0.810 bits per heavy atom. The number of nitrogens with zero attached hydrogens (tertiary/aromatic N) is 13. The van der Waals surface area contributed by atoms with Crippen LogP contribution in [-0.2, 0) is 4.84 Å². The van der Waals surface area contributed by atoms with Gasteiger partial charge in [-0.2, -0.15) is 5.10 Å². The van der Waals surface area contributed by atoms with Gasteiger partial charge < -0.3 is 48.0 Å². The number of rotatable bonds is 0. The molecule has 10 aromatic rings. The van der Waals surface area contributed by atoms with Crippen LogP contribution in [0.2, 0.25) is 0 Å². The number of benzene rings is 2. The van der Waals surface area contributed by atoms with Crippen LogP contribution in [0, 0.1) is 179 Å². The number of hydrogen-bond donors (Lipinski definition) is 1. The number of thiophene rings is 1. The Hall–Kier alpha value is -7.60. The number of aryl methyl sites for hydroxylation is 20. The predicted molar refractivity (Wildman–Crippen MR) is 598 cm³/mol. The average molecular weight is 1940 g/mol. The molecule has 4 atom stereocenters. The number of fused-ring (bicyclic) bond motifs is 1. The van der Waals surface area contributed by atoms with E-state index in [2.05, 4.69) is 299 Å². The van der Waals surface area contributed by atoms with Crippen molar-refractivity contribution in [1.82, 2.24) is 64.4 Å². The number of aromatic nitrogens is 6. The lowest BCUT2D eigenvalue weighted by atomic mass is 9.84. The molecule has 20 heteroatoms. The third-order valence-corrected chi connectivity index (χ3v) is 27.5. The first kappa shape index (κ1) is 125. The van der Waals surface area contributed by atoms with Crippen molar-refractivity contribution in [1.29, 1.82) is 0 Å². The van der Waals surface area contributed by atoms with Gasteiger partial charge in [0.25, 0.3) is 0 Å². The van der Waals surface area contributed by atoms with E-state index in [1.54, 1.807) is 39.6 Å². The zero-order chi connectivity index (χ0) is 103. The summed E-state index contributed by atoms with van der Waals surface area (Å²) in [5.74, 6) is 9.93. The molecule has 8 aromatic heterocycles. The highest BCUT2D eigenvalue weighted by molar-refractivity contribution is 7.11. The third-order valence-electron chi connectivity index (χ3n) is 24.8. The predicted octanol–water partition coefficient (Wildman–Crippen LogP) is 28.8. The highest BCUT2D eigenvalue weighted by Crippen LogP contribution is 2.57. The Morgan fingerprint density at radius 1 is 0.372 bits per heavy atom. The second kappa shape index (κ2) is 71.8. The second-order valence-corrected chi connectivity index (χ2v) is 44.8. The number of thiazole rings is 2. The summed E-state index contributed by atoms with van der Waals surface area (Å²) >= 11 is 5.23. The van der Waals surface area contributed by atoms with Gasteiger partial charge >= 0.3 is 0 Å². The number of furan rings is 2. The minimum atomic E-state index is 0.319. The monoisotopic (exact) mass is 1940 g/mol. The molecule has 0 radical (unpaired) electrons. The normalized spacial score (nSPS) is 19.9. The van der Waals surface area contributed by atoms with Crippen molar-refractivity contribution < 1.29 is 13.7 Å². The molecule has 19 rings (SSSR count). The molecule has 5 saturated heterocycles. The summed E-state index contributed by atoms with van der Waals surface area (Å²) in [6, 6.07) is 37.1. The number of oxime groups is 1. The summed E-state index contributed by atoms with van der Waals surface area (Å²) in [4.78, 5) is 40.6. The van der Waals surface area contributed by atoms with Crippen molar-refractivity contribution in [3.63, 3.8) is 0 Å². The average Bonchev–Trinajstić information content (AvgIpc) is 1.60. The minimum absolute atomic E-state index is 0.319. The van der Waals surface area contributed by atoms with E-state index in [-0.39, 0.29) is 0 Å². The van der Waals surface area contributed by atoms with Crippen LogP contribution in [-0.4, -0.2) is 217 Å². The van der Waals surface area contributed by atoms with Gasteiger partial charge in [0, 0.05) is 115 Å². The SMILES string of the molecule is CC1=CCN(C)CC1.CC1=NOC(C)C1.CC1CCC(C)CC1.CC1CCN(C)C1.CC1CCN(C)CC1.CC1CCN(C)CC1.CN1CCC2(C)CC2C1.CN1CCN(C)CC1.Cc1cc(C)[nH]n1.Cc1ccc(C)cc1.Cc1ccc(C)nc1.Cc1ccc(C)nc1.Cc1ccc(C)o1.Cc1ccc(C)o1.Cc1cccc(C)c1.Cc1cnc(C)s1.Cc1csc(C)c1.Cc1csc(C)n1. The number of piperidine rings is 3. The molecular formula is C117H194N14O3S3. The van der Waals surface area contributed by atoms with E-state index in [0.717, 1.165) is 121 Å². The van der Waals surface area contributed by atoms with Crippen molar-refractivity contribution in [2.45, 2.75) is 290 Å². The Balaban J connectivity index is 0.000000491. The van der Waals surface area contributed by atoms with E-state index < -0.39 is 0 Å². The maximum Gasteiger partial charge on any atom is 0.130 e. The number of pyridine rings is 2.